The lowest BCUT2D eigenvalue weighted by Crippen LogP contribution is -2.40. The van der Waals surface area contributed by atoms with Crippen molar-refractivity contribution in [2.24, 2.45) is 17.6 Å². The summed E-state index contributed by atoms with van der Waals surface area (Å²) >= 11 is 0. The lowest BCUT2D eigenvalue weighted by atomic mass is 9.81. The number of hydrogen-bond donors (Lipinski definition) is 2. The van der Waals surface area contributed by atoms with E-state index in [0.717, 1.165) is 6.42 Å². The van der Waals surface area contributed by atoms with Crippen LogP contribution in [0.5, 0.6) is 0 Å². The van der Waals surface area contributed by atoms with E-state index in [2.05, 4.69) is 0 Å². The maximum atomic E-state index is 10.7. The Bertz CT molecular complexity index is 219. The second-order valence-electron chi connectivity index (χ2n) is 4.05. The molecule has 15 heavy (non-hydrogen) atoms. The van der Waals surface area contributed by atoms with Gasteiger partial charge in [-0.1, -0.05) is 13.8 Å². The molecule has 0 aliphatic heterocycles. The Hall–Kier alpha value is -0.770. The number of carbonyl (C=O) groups is 1. The van der Waals surface area contributed by atoms with Gasteiger partial charge in [0, 0.05) is 5.92 Å². The van der Waals surface area contributed by atoms with Crippen LogP contribution in [-0.4, -0.2) is 17.9 Å². The molecule has 90 valence electrons. The molecule has 0 heterocycles. The third-order valence-corrected chi connectivity index (χ3v) is 2.79. The highest BCUT2D eigenvalue weighted by molar-refractivity contribution is 5.85. The number of primary amides is 1. The molecule has 0 aromatic rings. The van der Waals surface area contributed by atoms with Crippen LogP contribution >= 0.6 is 12.4 Å². The van der Waals surface area contributed by atoms with E-state index in [0.29, 0.717) is 0 Å². The largest absolute Gasteiger partial charge is 0.443 e. The normalized spacial score (nSPS) is 14.7. The minimum absolute atomic E-state index is 0. The third kappa shape index (κ3) is 5.02. The van der Waals surface area contributed by atoms with Crippen LogP contribution in [0.2, 0.25) is 0 Å². The van der Waals surface area contributed by atoms with Crippen molar-refractivity contribution in [3.05, 3.63) is 0 Å². The van der Waals surface area contributed by atoms with E-state index in [4.69, 9.17) is 15.9 Å². The van der Waals surface area contributed by atoms with Gasteiger partial charge in [0.15, 0.2) is 0 Å². The molecule has 3 N–H and O–H groups in total. The highest BCUT2D eigenvalue weighted by Gasteiger charge is 2.33. The molecule has 0 rings (SSSR count). The van der Waals surface area contributed by atoms with Crippen LogP contribution in [0, 0.1) is 17.2 Å². The standard InChI is InChI=1S/C10H20N2O2.ClH/c1-5-8(6-11)7(2)10(3,4)14-9(12)13;/h6-8,11H,5H2,1-4H3,(H2,12,13);1H/t7?,8-;/m0./s1. The number of amides is 1. The van der Waals surface area contributed by atoms with Crippen LogP contribution in [0.15, 0.2) is 0 Å². The van der Waals surface area contributed by atoms with E-state index in [1.165, 1.54) is 6.21 Å². The van der Waals surface area contributed by atoms with Crippen LogP contribution in [-0.2, 0) is 4.74 Å². The Kier molecular flexibility index (Phi) is 7.40. The molecule has 2 atom stereocenters. The van der Waals surface area contributed by atoms with Gasteiger partial charge in [0.2, 0.25) is 0 Å². The number of nitrogens with one attached hydrogen (secondary N) is 1. The van der Waals surface area contributed by atoms with Gasteiger partial charge in [-0.15, -0.1) is 12.4 Å². The second kappa shape index (κ2) is 6.67. The van der Waals surface area contributed by atoms with Crippen LogP contribution in [0.4, 0.5) is 4.79 Å². The Morgan fingerprint density at radius 3 is 2.33 bits per heavy atom. The summed E-state index contributed by atoms with van der Waals surface area (Å²) in [5.74, 6) is 0.196. The Balaban J connectivity index is 0. The molecule has 0 saturated heterocycles. The molecular weight excluding hydrogens is 216 g/mol. The fourth-order valence-electron chi connectivity index (χ4n) is 1.48. The van der Waals surface area contributed by atoms with Gasteiger partial charge in [-0.05, 0) is 32.4 Å². The number of hydrogen-bond acceptors (Lipinski definition) is 3. The maximum Gasteiger partial charge on any atom is 0.405 e. The van der Waals surface area contributed by atoms with Crippen LogP contribution in [0.25, 0.3) is 0 Å². The zero-order valence-electron chi connectivity index (χ0n) is 9.74. The lowest BCUT2D eigenvalue weighted by Gasteiger charge is -2.34. The number of nitrogens with two attached hydrogens (primary N) is 1. The Morgan fingerprint density at radius 1 is 1.60 bits per heavy atom. The van der Waals surface area contributed by atoms with Gasteiger partial charge in [0.1, 0.15) is 5.60 Å². The van der Waals surface area contributed by atoms with Gasteiger partial charge in [-0.2, -0.15) is 0 Å². The van der Waals surface area contributed by atoms with Crippen molar-refractivity contribution in [2.75, 3.05) is 0 Å². The zero-order valence-corrected chi connectivity index (χ0v) is 10.6. The average molecular weight is 237 g/mol. The average Bonchev–Trinajstić information content (AvgIpc) is 2.04. The molecule has 0 aliphatic carbocycles. The van der Waals surface area contributed by atoms with Gasteiger partial charge >= 0.3 is 6.09 Å². The monoisotopic (exact) mass is 236 g/mol. The summed E-state index contributed by atoms with van der Waals surface area (Å²) in [4.78, 5) is 10.7. The molecule has 4 nitrogen and oxygen atoms in total. The maximum absolute atomic E-state index is 10.7. The van der Waals surface area contributed by atoms with Crippen LogP contribution < -0.4 is 5.73 Å². The van der Waals surface area contributed by atoms with Crippen molar-refractivity contribution in [3.8, 4) is 0 Å². The smallest absolute Gasteiger partial charge is 0.405 e. The molecule has 0 radical (unpaired) electrons. The quantitative estimate of drug-likeness (QED) is 0.720. The highest BCUT2D eigenvalue weighted by Crippen LogP contribution is 2.28. The lowest BCUT2D eigenvalue weighted by molar-refractivity contribution is -0.00637. The number of carbonyl (C=O) groups excluding carboxylic acids is 1. The molecule has 1 amide bonds. The van der Waals surface area contributed by atoms with Gasteiger partial charge in [0.25, 0.3) is 0 Å². The predicted molar refractivity (Wildman–Crippen MR) is 63.7 cm³/mol. The molecule has 0 saturated carbocycles. The summed E-state index contributed by atoms with van der Waals surface area (Å²) < 4.78 is 5.02. The molecule has 0 bridgehead atoms. The minimum Gasteiger partial charge on any atom is -0.443 e. The summed E-state index contributed by atoms with van der Waals surface area (Å²) in [6, 6.07) is 0. The fraction of sp³-hybridized carbons (Fsp3) is 0.800. The fourth-order valence-corrected chi connectivity index (χ4v) is 1.48. The Labute approximate surface area is 97.5 Å². The van der Waals surface area contributed by atoms with Gasteiger partial charge in [0.05, 0.1) is 0 Å². The molecule has 0 spiro atoms. The second-order valence-corrected chi connectivity index (χ2v) is 4.05. The topological polar surface area (TPSA) is 76.2 Å². The third-order valence-electron chi connectivity index (χ3n) is 2.79. The summed E-state index contributed by atoms with van der Waals surface area (Å²) in [6.07, 6.45) is 1.49. The van der Waals surface area contributed by atoms with Crippen molar-refractivity contribution < 1.29 is 9.53 Å². The molecule has 0 fully saturated rings. The van der Waals surface area contributed by atoms with E-state index >= 15 is 0 Å². The minimum atomic E-state index is -0.762. The SMILES string of the molecule is CC[C@@H](C=N)C(C)C(C)(C)OC(N)=O.Cl. The highest BCUT2D eigenvalue weighted by atomic mass is 35.5. The van der Waals surface area contributed by atoms with Gasteiger partial charge in [-0.25, -0.2) is 4.79 Å². The molecule has 5 heteroatoms. The molecule has 0 aliphatic rings. The summed E-state index contributed by atoms with van der Waals surface area (Å²) in [6.45, 7) is 7.60. The first-order valence-electron chi connectivity index (χ1n) is 4.84. The summed E-state index contributed by atoms with van der Waals surface area (Å²) in [5, 5.41) is 7.26. The van der Waals surface area contributed by atoms with Crippen molar-refractivity contribution >= 4 is 24.7 Å². The van der Waals surface area contributed by atoms with E-state index in [1.54, 1.807) is 0 Å². The van der Waals surface area contributed by atoms with Crippen LogP contribution in [0.1, 0.15) is 34.1 Å². The van der Waals surface area contributed by atoms with Crippen molar-refractivity contribution in [3.63, 3.8) is 0 Å². The van der Waals surface area contributed by atoms with Crippen LogP contribution in [0.3, 0.4) is 0 Å². The van der Waals surface area contributed by atoms with Gasteiger partial charge < -0.3 is 15.9 Å². The van der Waals surface area contributed by atoms with E-state index < -0.39 is 11.7 Å². The number of ether oxygens (including phenoxy) is 1. The summed E-state index contributed by atoms with van der Waals surface area (Å²) in [5.41, 5.74) is 4.36. The van der Waals surface area contributed by atoms with Crippen molar-refractivity contribution in [1.29, 1.82) is 5.41 Å². The van der Waals surface area contributed by atoms with Crippen molar-refractivity contribution in [2.45, 2.75) is 39.7 Å². The zero-order chi connectivity index (χ0) is 11.4. The summed E-state index contributed by atoms with van der Waals surface area (Å²) in [7, 11) is 0. The van der Waals surface area contributed by atoms with E-state index in [9.17, 15) is 4.79 Å². The number of rotatable bonds is 5. The predicted octanol–water partition coefficient (Wildman–Crippen LogP) is 2.59. The van der Waals surface area contributed by atoms with E-state index in [-0.39, 0.29) is 24.2 Å². The van der Waals surface area contributed by atoms with Gasteiger partial charge in [-0.3, -0.25) is 0 Å². The first-order chi connectivity index (χ1) is 6.35. The van der Waals surface area contributed by atoms with Crippen molar-refractivity contribution in [1.82, 2.24) is 0 Å². The molecular formula is C10H21ClN2O2. The molecule has 0 aromatic heterocycles. The first kappa shape index (κ1) is 16.7. The number of halogens is 1. The molecule has 1 unspecified atom stereocenters. The van der Waals surface area contributed by atoms with E-state index in [1.807, 2.05) is 27.7 Å². The Morgan fingerprint density at radius 2 is 2.07 bits per heavy atom. The first-order valence-corrected chi connectivity index (χ1v) is 4.84. The molecule has 0 aromatic carbocycles.